The van der Waals surface area contributed by atoms with E-state index in [-0.39, 0.29) is 0 Å². The molecule has 0 fully saturated rings. The van der Waals surface area contributed by atoms with E-state index in [0.29, 0.717) is 5.89 Å². The van der Waals surface area contributed by atoms with Crippen LogP contribution in [0, 0.1) is 0 Å². The Morgan fingerprint density at radius 3 is 1.53 bits per heavy atom. The summed E-state index contributed by atoms with van der Waals surface area (Å²) < 4.78 is 12.5. The van der Waals surface area contributed by atoms with Crippen LogP contribution in [0.25, 0.3) is 77.9 Å². The van der Waals surface area contributed by atoms with Gasteiger partial charge in [0.05, 0.1) is 0 Å². The molecule has 0 atom stereocenters. The van der Waals surface area contributed by atoms with E-state index < -0.39 is 0 Å². The Morgan fingerprint density at radius 1 is 0.340 bits per heavy atom. The highest BCUT2D eigenvalue weighted by atomic mass is 16.3. The molecule has 4 heteroatoms. The Morgan fingerprint density at radius 2 is 0.849 bits per heavy atom. The van der Waals surface area contributed by atoms with Crippen molar-refractivity contribution in [2.75, 3.05) is 4.90 Å². The van der Waals surface area contributed by atoms with Crippen LogP contribution in [0.2, 0.25) is 0 Å². The van der Waals surface area contributed by atoms with Crippen molar-refractivity contribution in [1.29, 1.82) is 0 Å². The molecule has 0 bridgehead atoms. The number of aromatic nitrogens is 1. The largest absolute Gasteiger partial charge is 0.456 e. The molecule has 0 saturated carbocycles. The van der Waals surface area contributed by atoms with E-state index in [0.717, 1.165) is 72.4 Å². The molecule has 2 heterocycles. The van der Waals surface area contributed by atoms with E-state index in [1.54, 1.807) is 0 Å². The molecule has 0 aliphatic heterocycles. The molecule has 0 aliphatic rings. The lowest BCUT2D eigenvalue weighted by Crippen LogP contribution is -2.09. The maximum absolute atomic E-state index is 6.31. The van der Waals surface area contributed by atoms with Crippen LogP contribution in [0.5, 0.6) is 0 Å². The minimum atomic E-state index is 0.607. The van der Waals surface area contributed by atoms with Crippen molar-refractivity contribution in [3.8, 4) is 44.8 Å². The number of furan rings is 1. The van der Waals surface area contributed by atoms with Crippen LogP contribution in [0.1, 0.15) is 0 Å². The van der Waals surface area contributed by atoms with Gasteiger partial charge in [0.25, 0.3) is 0 Å². The number of oxazole rings is 1. The smallest absolute Gasteiger partial charge is 0.227 e. The van der Waals surface area contributed by atoms with Gasteiger partial charge in [-0.25, -0.2) is 4.98 Å². The second-order valence-electron chi connectivity index (χ2n) is 13.2. The van der Waals surface area contributed by atoms with Gasteiger partial charge in [-0.05, 0) is 94.5 Å². The van der Waals surface area contributed by atoms with E-state index >= 15 is 0 Å². The van der Waals surface area contributed by atoms with Gasteiger partial charge in [0.15, 0.2) is 5.58 Å². The first-order valence-electron chi connectivity index (χ1n) is 17.8. The molecule has 53 heavy (non-hydrogen) atoms. The SMILES string of the molecule is c1ccc(-c2ccc(-c3nc4c(-c5ccc(N(c6ccc(-c7ccccc7)cc6)c6ccc7oc8ccccc8c7c6)cc5)cccc4o3)cc2)cc1. The number of hydrogen-bond donors (Lipinski definition) is 0. The normalized spacial score (nSPS) is 11.4. The molecule has 2 aromatic heterocycles. The van der Waals surface area contributed by atoms with E-state index in [2.05, 4.69) is 163 Å². The molecular formula is C49H32N2O2. The van der Waals surface area contributed by atoms with Crippen LogP contribution in [0.15, 0.2) is 203 Å². The highest BCUT2D eigenvalue weighted by Gasteiger charge is 2.18. The molecule has 10 aromatic rings. The summed E-state index contributed by atoms with van der Waals surface area (Å²) >= 11 is 0. The fourth-order valence-corrected chi connectivity index (χ4v) is 7.26. The summed E-state index contributed by atoms with van der Waals surface area (Å²) in [6.07, 6.45) is 0. The monoisotopic (exact) mass is 680 g/mol. The predicted octanol–water partition coefficient (Wildman–Crippen LogP) is 13.9. The number of rotatable bonds is 7. The lowest BCUT2D eigenvalue weighted by molar-refractivity contribution is 0.620. The number of para-hydroxylation sites is 2. The van der Waals surface area contributed by atoms with Gasteiger partial charge >= 0.3 is 0 Å². The van der Waals surface area contributed by atoms with Gasteiger partial charge in [0.2, 0.25) is 5.89 Å². The maximum Gasteiger partial charge on any atom is 0.227 e. The van der Waals surface area contributed by atoms with E-state index in [9.17, 15) is 0 Å². The first-order valence-corrected chi connectivity index (χ1v) is 17.8. The highest BCUT2D eigenvalue weighted by Crippen LogP contribution is 2.41. The lowest BCUT2D eigenvalue weighted by Gasteiger charge is -2.26. The fourth-order valence-electron chi connectivity index (χ4n) is 7.26. The minimum Gasteiger partial charge on any atom is -0.456 e. The number of hydrogen-bond acceptors (Lipinski definition) is 4. The van der Waals surface area contributed by atoms with Crippen LogP contribution in [-0.2, 0) is 0 Å². The summed E-state index contributed by atoms with van der Waals surface area (Å²) in [6, 6.07) is 67.5. The van der Waals surface area contributed by atoms with Crippen molar-refractivity contribution >= 4 is 50.1 Å². The van der Waals surface area contributed by atoms with Gasteiger partial charge in [0.1, 0.15) is 16.7 Å². The molecular weight excluding hydrogens is 649 g/mol. The van der Waals surface area contributed by atoms with Crippen LogP contribution >= 0.6 is 0 Å². The molecule has 0 aliphatic carbocycles. The summed E-state index contributed by atoms with van der Waals surface area (Å²) in [7, 11) is 0. The first-order chi connectivity index (χ1) is 26.2. The van der Waals surface area contributed by atoms with Crippen molar-refractivity contribution in [3.05, 3.63) is 194 Å². The van der Waals surface area contributed by atoms with Gasteiger partial charge < -0.3 is 13.7 Å². The van der Waals surface area contributed by atoms with Crippen molar-refractivity contribution < 1.29 is 8.83 Å². The van der Waals surface area contributed by atoms with Gasteiger partial charge in [-0.2, -0.15) is 0 Å². The third kappa shape index (κ3) is 5.63. The standard InChI is InChI=1S/C49H32N2O2/c1-3-10-33(11-4-1)35-18-20-38(21-19-35)49-50-48-42(15-9-17-47(48)53-49)37-24-28-40(29-25-37)51(39-26-22-36(23-27-39)34-12-5-2-6-13-34)41-30-31-46-44(32-41)43-14-7-8-16-45(43)52-46/h1-32H. The number of fused-ring (bicyclic) bond motifs is 4. The molecule has 4 nitrogen and oxygen atoms in total. The Balaban J connectivity index is 1.02. The van der Waals surface area contributed by atoms with Crippen LogP contribution in [0.3, 0.4) is 0 Å². The zero-order valence-corrected chi connectivity index (χ0v) is 28.7. The molecule has 0 N–H and O–H groups in total. The van der Waals surface area contributed by atoms with Crippen molar-refractivity contribution in [2.24, 2.45) is 0 Å². The highest BCUT2D eigenvalue weighted by molar-refractivity contribution is 6.06. The summed E-state index contributed by atoms with van der Waals surface area (Å²) in [5.41, 5.74) is 14.2. The van der Waals surface area contributed by atoms with Crippen LogP contribution in [0.4, 0.5) is 17.1 Å². The fraction of sp³-hybridized carbons (Fsp3) is 0. The lowest BCUT2D eigenvalue weighted by atomic mass is 10.0. The third-order valence-electron chi connectivity index (χ3n) is 9.95. The molecule has 10 rings (SSSR count). The Kier molecular flexibility index (Phi) is 7.43. The molecule has 0 amide bonds. The molecule has 250 valence electrons. The van der Waals surface area contributed by atoms with Crippen molar-refractivity contribution in [1.82, 2.24) is 4.98 Å². The second kappa shape index (κ2) is 12.9. The second-order valence-corrected chi connectivity index (χ2v) is 13.2. The van der Waals surface area contributed by atoms with Gasteiger partial charge in [-0.1, -0.05) is 127 Å². The Labute approximate surface area is 306 Å². The minimum absolute atomic E-state index is 0.607. The quantitative estimate of drug-likeness (QED) is 0.168. The van der Waals surface area contributed by atoms with Gasteiger partial charge in [0, 0.05) is 39.0 Å². The zero-order valence-electron chi connectivity index (χ0n) is 28.7. The molecule has 0 saturated heterocycles. The number of nitrogens with zero attached hydrogens (tertiary/aromatic N) is 2. The average Bonchev–Trinajstić information content (AvgIpc) is 3.84. The molecule has 0 unspecified atom stereocenters. The zero-order chi connectivity index (χ0) is 35.1. The molecule has 0 radical (unpaired) electrons. The molecule has 8 aromatic carbocycles. The summed E-state index contributed by atoms with van der Waals surface area (Å²) in [5.74, 6) is 0.607. The maximum atomic E-state index is 6.31. The van der Waals surface area contributed by atoms with Crippen LogP contribution < -0.4 is 4.90 Å². The van der Waals surface area contributed by atoms with Gasteiger partial charge in [-0.15, -0.1) is 0 Å². The summed E-state index contributed by atoms with van der Waals surface area (Å²) in [5, 5.41) is 2.19. The number of benzene rings is 8. The van der Waals surface area contributed by atoms with Crippen molar-refractivity contribution in [2.45, 2.75) is 0 Å². The molecule has 0 spiro atoms. The van der Waals surface area contributed by atoms with E-state index in [4.69, 9.17) is 13.8 Å². The van der Waals surface area contributed by atoms with Crippen LogP contribution in [-0.4, -0.2) is 4.98 Å². The summed E-state index contributed by atoms with van der Waals surface area (Å²) in [4.78, 5) is 7.31. The Bertz CT molecular complexity index is 2850. The van der Waals surface area contributed by atoms with Gasteiger partial charge in [-0.3, -0.25) is 0 Å². The first kappa shape index (κ1) is 30.6. The Hall–Kier alpha value is -7.17. The van der Waals surface area contributed by atoms with E-state index in [1.165, 1.54) is 16.7 Å². The average molecular weight is 681 g/mol. The van der Waals surface area contributed by atoms with Crippen molar-refractivity contribution in [3.63, 3.8) is 0 Å². The topological polar surface area (TPSA) is 42.4 Å². The predicted molar refractivity (Wildman–Crippen MR) is 218 cm³/mol. The summed E-state index contributed by atoms with van der Waals surface area (Å²) in [6.45, 7) is 0. The third-order valence-corrected chi connectivity index (χ3v) is 9.95. The number of anilines is 3. The van der Waals surface area contributed by atoms with E-state index in [1.807, 2.05) is 36.4 Å².